The molecule has 2 N–H and O–H groups in total. The van der Waals surface area contributed by atoms with Gasteiger partial charge in [0.05, 0.1) is 28.9 Å². The van der Waals surface area contributed by atoms with Gasteiger partial charge in [0.2, 0.25) is 0 Å². The molecule has 0 bridgehead atoms. The third-order valence-corrected chi connectivity index (χ3v) is 8.83. The summed E-state index contributed by atoms with van der Waals surface area (Å²) in [5.74, 6) is 0.223. The average Bonchev–Trinajstić information content (AvgIpc) is 3.76. The molecule has 1 atom stereocenters. The molecule has 1 aliphatic heterocycles. The molecule has 2 aromatic heterocycles. The Kier molecular flexibility index (Phi) is 7.55. The smallest absolute Gasteiger partial charge is 0.276 e. The van der Waals surface area contributed by atoms with Crippen LogP contribution in [0.3, 0.4) is 0 Å². The minimum absolute atomic E-state index is 0.168. The Balaban J connectivity index is 1.26. The van der Waals surface area contributed by atoms with Gasteiger partial charge in [-0.1, -0.05) is 36.4 Å². The molecule has 7 nitrogen and oxygen atoms in total. The number of anilines is 3. The fourth-order valence-corrected chi connectivity index (χ4v) is 6.46. The number of aryl methyl sites for hydroxylation is 1. The molecule has 1 unspecified atom stereocenters. The highest BCUT2D eigenvalue weighted by atomic mass is 32.1. The van der Waals surface area contributed by atoms with Crippen LogP contribution >= 0.6 is 11.3 Å². The van der Waals surface area contributed by atoms with Gasteiger partial charge in [-0.3, -0.25) is 9.59 Å². The third-order valence-electron chi connectivity index (χ3n) is 7.62. The number of nitrogens with zero attached hydrogens (tertiary/aromatic N) is 2. The Bertz CT molecular complexity index is 1600. The average molecular weight is 571 g/mol. The van der Waals surface area contributed by atoms with Gasteiger partial charge in [0, 0.05) is 24.1 Å². The van der Waals surface area contributed by atoms with Gasteiger partial charge < -0.3 is 20.3 Å². The maximum absolute atomic E-state index is 14.4. The van der Waals surface area contributed by atoms with E-state index in [9.17, 15) is 14.0 Å². The van der Waals surface area contributed by atoms with Crippen molar-refractivity contribution in [2.24, 2.45) is 5.92 Å². The molecule has 2 amide bonds. The van der Waals surface area contributed by atoms with Crippen molar-refractivity contribution >= 4 is 40.3 Å². The summed E-state index contributed by atoms with van der Waals surface area (Å²) >= 11 is 1.35. The molecule has 1 aliphatic carbocycles. The first-order valence-electron chi connectivity index (χ1n) is 13.8. The SMILES string of the molecule is COCC(Nc1cccc(C(=O)N2CCc3cc(C(=O)Nc4c(C)cccc4F)sc3-c3ccccc32)n1)C1CC1. The molecule has 0 spiro atoms. The number of rotatable bonds is 8. The lowest BCUT2D eigenvalue weighted by Crippen LogP contribution is -2.33. The highest BCUT2D eigenvalue weighted by molar-refractivity contribution is 7.17. The zero-order valence-corrected chi connectivity index (χ0v) is 23.8. The second kappa shape index (κ2) is 11.4. The van der Waals surface area contributed by atoms with E-state index in [1.165, 1.54) is 30.2 Å². The molecule has 4 aromatic rings. The van der Waals surface area contributed by atoms with E-state index in [1.807, 2.05) is 42.5 Å². The standard InChI is InChI=1S/C32H31FN4O3S/c1-19-7-5-9-23(33)29(19)36-31(38)27-17-21-15-16-37(26-11-4-3-8-22(26)30(21)41-27)32(39)24-10-6-12-28(34-24)35-25(18-40-2)20-13-14-20/h3-12,17,20,25H,13-16,18H2,1-2H3,(H,34,35)(H,36,38). The van der Waals surface area contributed by atoms with E-state index in [0.29, 0.717) is 47.4 Å². The van der Waals surface area contributed by atoms with Crippen LogP contribution in [0.2, 0.25) is 0 Å². The largest absolute Gasteiger partial charge is 0.383 e. The van der Waals surface area contributed by atoms with Crippen LogP contribution in [0.1, 0.15) is 44.1 Å². The molecule has 41 heavy (non-hydrogen) atoms. The number of halogens is 1. The van der Waals surface area contributed by atoms with E-state index in [0.717, 1.165) is 21.7 Å². The first-order chi connectivity index (χ1) is 19.9. The number of nitrogens with one attached hydrogen (secondary N) is 2. The van der Waals surface area contributed by atoms with Crippen LogP contribution in [0.15, 0.2) is 66.7 Å². The van der Waals surface area contributed by atoms with Crippen LogP contribution in [-0.4, -0.2) is 43.1 Å². The van der Waals surface area contributed by atoms with Gasteiger partial charge in [-0.15, -0.1) is 11.3 Å². The molecule has 2 aliphatic rings. The molecule has 3 heterocycles. The summed E-state index contributed by atoms with van der Waals surface area (Å²) < 4.78 is 19.7. The number of carbonyl (C=O) groups is 2. The summed E-state index contributed by atoms with van der Waals surface area (Å²) in [6.07, 6.45) is 2.90. The number of ether oxygens (including phenoxy) is 1. The summed E-state index contributed by atoms with van der Waals surface area (Å²) in [6, 6.07) is 19.9. The number of thiophene rings is 1. The lowest BCUT2D eigenvalue weighted by atomic mass is 10.1. The van der Waals surface area contributed by atoms with E-state index in [1.54, 1.807) is 37.1 Å². The molecule has 0 saturated heterocycles. The van der Waals surface area contributed by atoms with Gasteiger partial charge in [-0.25, -0.2) is 9.37 Å². The van der Waals surface area contributed by atoms with Crippen molar-refractivity contribution in [2.45, 2.75) is 32.2 Å². The van der Waals surface area contributed by atoms with Gasteiger partial charge in [-0.2, -0.15) is 0 Å². The minimum atomic E-state index is -0.467. The van der Waals surface area contributed by atoms with Crippen LogP contribution in [0.4, 0.5) is 21.6 Å². The number of hydrogen-bond acceptors (Lipinski definition) is 6. The van der Waals surface area contributed by atoms with Gasteiger partial charge >= 0.3 is 0 Å². The van der Waals surface area contributed by atoms with Gasteiger partial charge in [0.15, 0.2) is 0 Å². The van der Waals surface area contributed by atoms with Crippen LogP contribution in [-0.2, 0) is 11.2 Å². The lowest BCUT2D eigenvalue weighted by molar-refractivity contribution is 0.0981. The Morgan fingerprint density at radius 3 is 2.71 bits per heavy atom. The number of benzene rings is 2. The first-order valence-corrected chi connectivity index (χ1v) is 14.6. The number of fused-ring (bicyclic) bond motifs is 3. The molecule has 6 rings (SSSR count). The Labute approximate surface area is 242 Å². The van der Waals surface area contributed by atoms with E-state index in [2.05, 4.69) is 15.6 Å². The molecule has 2 aromatic carbocycles. The second-order valence-electron chi connectivity index (χ2n) is 10.5. The Hall–Kier alpha value is -4.08. The topological polar surface area (TPSA) is 83.6 Å². The van der Waals surface area contributed by atoms with Crippen molar-refractivity contribution in [1.29, 1.82) is 0 Å². The molecule has 0 radical (unpaired) electrons. The van der Waals surface area contributed by atoms with Crippen LogP contribution < -0.4 is 15.5 Å². The highest BCUT2D eigenvalue weighted by Crippen LogP contribution is 2.42. The Morgan fingerprint density at radius 2 is 1.93 bits per heavy atom. The van der Waals surface area contributed by atoms with E-state index in [4.69, 9.17) is 4.74 Å². The van der Waals surface area contributed by atoms with Crippen molar-refractivity contribution in [1.82, 2.24) is 4.98 Å². The van der Waals surface area contributed by atoms with Crippen molar-refractivity contribution < 1.29 is 18.7 Å². The molecular weight excluding hydrogens is 539 g/mol. The third kappa shape index (κ3) is 5.60. The van der Waals surface area contributed by atoms with Crippen molar-refractivity contribution in [3.63, 3.8) is 0 Å². The second-order valence-corrected chi connectivity index (χ2v) is 11.6. The lowest BCUT2D eigenvalue weighted by Gasteiger charge is -2.23. The van der Waals surface area contributed by atoms with Gasteiger partial charge in [0.1, 0.15) is 17.3 Å². The zero-order valence-electron chi connectivity index (χ0n) is 22.9. The predicted octanol–water partition coefficient (Wildman–Crippen LogP) is 6.55. The fourth-order valence-electron chi connectivity index (χ4n) is 5.32. The van der Waals surface area contributed by atoms with Crippen molar-refractivity contribution in [3.05, 3.63) is 94.2 Å². The quantitative estimate of drug-likeness (QED) is 0.251. The molecular formula is C32H31FN4O3S. The molecule has 9 heteroatoms. The maximum Gasteiger partial charge on any atom is 0.276 e. The maximum atomic E-state index is 14.4. The van der Waals surface area contributed by atoms with Crippen LogP contribution in [0.5, 0.6) is 0 Å². The van der Waals surface area contributed by atoms with Gasteiger partial charge in [-0.05, 0) is 73.6 Å². The minimum Gasteiger partial charge on any atom is -0.383 e. The van der Waals surface area contributed by atoms with Crippen molar-refractivity contribution in [3.8, 4) is 10.4 Å². The monoisotopic (exact) mass is 570 g/mol. The normalized spacial score (nSPS) is 15.0. The van der Waals surface area contributed by atoms with E-state index in [-0.39, 0.29) is 23.5 Å². The number of para-hydroxylation sites is 2. The molecule has 210 valence electrons. The number of aromatic nitrogens is 1. The Morgan fingerprint density at radius 1 is 1.12 bits per heavy atom. The number of carbonyl (C=O) groups excluding carboxylic acids is 2. The summed E-state index contributed by atoms with van der Waals surface area (Å²) in [4.78, 5) is 34.9. The summed E-state index contributed by atoms with van der Waals surface area (Å²) in [5.41, 5.74) is 3.83. The van der Waals surface area contributed by atoms with Crippen molar-refractivity contribution in [2.75, 3.05) is 35.8 Å². The van der Waals surface area contributed by atoms with Crippen LogP contribution in [0, 0.1) is 18.7 Å². The molecule has 1 fully saturated rings. The number of pyridine rings is 1. The zero-order chi connectivity index (χ0) is 28.5. The highest BCUT2D eigenvalue weighted by Gasteiger charge is 2.32. The van der Waals surface area contributed by atoms with E-state index >= 15 is 0 Å². The first kappa shape index (κ1) is 27.1. The van der Waals surface area contributed by atoms with Gasteiger partial charge in [0.25, 0.3) is 11.8 Å². The summed E-state index contributed by atoms with van der Waals surface area (Å²) in [7, 11) is 1.69. The summed E-state index contributed by atoms with van der Waals surface area (Å²) in [5, 5.41) is 6.20. The van der Waals surface area contributed by atoms with Crippen LogP contribution in [0.25, 0.3) is 10.4 Å². The van der Waals surface area contributed by atoms with E-state index < -0.39 is 5.82 Å². The number of hydrogen-bond donors (Lipinski definition) is 2. The molecule has 1 saturated carbocycles. The fraction of sp³-hybridized carbons (Fsp3) is 0.281. The number of methoxy groups -OCH3 is 1. The summed E-state index contributed by atoms with van der Waals surface area (Å²) in [6.45, 7) is 2.78. The predicted molar refractivity (Wildman–Crippen MR) is 160 cm³/mol. The number of amides is 2.